The quantitative estimate of drug-likeness (QED) is 0.645. The first-order valence-corrected chi connectivity index (χ1v) is 12.2. The highest BCUT2D eigenvalue weighted by Gasteiger charge is 2.54. The summed E-state index contributed by atoms with van der Waals surface area (Å²) in [7, 11) is 0. The number of amides is 2. The van der Waals surface area contributed by atoms with Crippen LogP contribution in [0.3, 0.4) is 0 Å². The molecule has 4 aliphatic rings. The van der Waals surface area contributed by atoms with E-state index in [0.29, 0.717) is 26.1 Å². The molecule has 0 unspecified atom stereocenters. The zero-order valence-electron chi connectivity index (χ0n) is 18.8. The van der Waals surface area contributed by atoms with Gasteiger partial charge in [-0.1, -0.05) is 60.7 Å². The molecule has 168 valence electrons. The lowest BCUT2D eigenvalue weighted by Crippen LogP contribution is -2.53. The summed E-state index contributed by atoms with van der Waals surface area (Å²) in [4.78, 5) is 28.3. The van der Waals surface area contributed by atoms with Crippen LogP contribution in [0.1, 0.15) is 56.1 Å². The Kier molecular flexibility index (Phi) is 6.03. The van der Waals surface area contributed by atoms with Crippen LogP contribution in [-0.2, 0) is 22.7 Å². The van der Waals surface area contributed by atoms with E-state index in [1.54, 1.807) is 0 Å². The van der Waals surface area contributed by atoms with Crippen molar-refractivity contribution in [1.82, 2.24) is 10.2 Å². The van der Waals surface area contributed by atoms with Crippen molar-refractivity contribution in [3.05, 3.63) is 71.8 Å². The normalized spacial score (nSPS) is 27.8. The number of carbonyl (C=O) groups is 2. The van der Waals surface area contributed by atoms with E-state index in [1.165, 1.54) is 19.3 Å². The maximum atomic E-state index is 13.2. The van der Waals surface area contributed by atoms with Gasteiger partial charge in [-0.05, 0) is 67.4 Å². The fourth-order valence-corrected chi connectivity index (χ4v) is 6.86. The average molecular weight is 431 g/mol. The van der Waals surface area contributed by atoms with Crippen molar-refractivity contribution in [1.29, 1.82) is 0 Å². The second-order valence-electron chi connectivity index (χ2n) is 10.4. The Bertz CT molecular complexity index is 864. The molecule has 4 fully saturated rings. The summed E-state index contributed by atoms with van der Waals surface area (Å²) < 4.78 is 0. The SMILES string of the molecule is O=C(CCNC(=O)C12CC3CC(CC(C3)C1)C2)N(Cc1ccccc1)Cc1ccccc1. The van der Waals surface area contributed by atoms with Crippen molar-refractivity contribution in [3.63, 3.8) is 0 Å². The van der Waals surface area contributed by atoms with E-state index in [1.807, 2.05) is 41.3 Å². The first-order valence-electron chi connectivity index (χ1n) is 12.2. The highest BCUT2D eigenvalue weighted by Crippen LogP contribution is 2.60. The topological polar surface area (TPSA) is 49.4 Å². The van der Waals surface area contributed by atoms with Gasteiger partial charge in [0.2, 0.25) is 11.8 Å². The van der Waals surface area contributed by atoms with Crippen LogP contribution in [0.2, 0.25) is 0 Å². The van der Waals surface area contributed by atoms with Crippen LogP contribution in [0, 0.1) is 23.2 Å². The van der Waals surface area contributed by atoms with Crippen LogP contribution in [0.15, 0.2) is 60.7 Å². The summed E-state index contributed by atoms with van der Waals surface area (Å²) >= 11 is 0. The molecule has 0 spiro atoms. The Hall–Kier alpha value is -2.62. The fraction of sp³-hybridized carbons (Fsp3) is 0.500. The van der Waals surface area contributed by atoms with Crippen molar-refractivity contribution in [2.24, 2.45) is 23.2 Å². The van der Waals surface area contributed by atoms with Crippen molar-refractivity contribution >= 4 is 11.8 Å². The second-order valence-corrected chi connectivity index (χ2v) is 10.4. The van der Waals surface area contributed by atoms with Gasteiger partial charge in [-0.15, -0.1) is 0 Å². The van der Waals surface area contributed by atoms with Crippen LogP contribution in [0.4, 0.5) is 0 Å². The third kappa shape index (κ3) is 4.60. The standard InChI is InChI=1S/C28H34N2O2/c31-26(30(19-21-7-3-1-4-8-21)20-22-9-5-2-6-10-22)11-12-29-27(32)28-16-23-13-24(17-28)15-25(14-23)18-28/h1-10,23-25H,11-20H2,(H,29,32). The zero-order chi connectivity index (χ0) is 22.0. The Morgan fingerprint density at radius 1 is 0.781 bits per heavy atom. The van der Waals surface area contributed by atoms with Crippen LogP contribution >= 0.6 is 0 Å². The molecule has 4 bridgehead atoms. The largest absolute Gasteiger partial charge is 0.355 e. The Morgan fingerprint density at radius 3 is 1.72 bits per heavy atom. The molecule has 0 saturated heterocycles. The van der Waals surface area contributed by atoms with Gasteiger partial charge in [0, 0.05) is 31.5 Å². The van der Waals surface area contributed by atoms with E-state index in [0.717, 1.165) is 48.1 Å². The average Bonchev–Trinajstić information content (AvgIpc) is 2.79. The molecule has 2 aromatic rings. The van der Waals surface area contributed by atoms with E-state index in [9.17, 15) is 9.59 Å². The van der Waals surface area contributed by atoms with Crippen molar-refractivity contribution in [2.75, 3.05) is 6.54 Å². The molecule has 1 N–H and O–H groups in total. The summed E-state index contributed by atoms with van der Waals surface area (Å²) in [5, 5.41) is 3.17. The number of carbonyl (C=O) groups excluding carboxylic acids is 2. The van der Waals surface area contributed by atoms with Crippen LogP contribution in [0.25, 0.3) is 0 Å². The first kappa shape index (κ1) is 21.2. The molecule has 32 heavy (non-hydrogen) atoms. The molecule has 6 rings (SSSR count). The number of nitrogens with zero attached hydrogens (tertiary/aromatic N) is 1. The maximum Gasteiger partial charge on any atom is 0.226 e. The minimum absolute atomic E-state index is 0.0866. The highest BCUT2D eigenvalue weighted by molar-refractivity contribution is 5.84. The van der Waals surface area contributed by atoms with Crippen molar-refractivity contribution < 1.29 is 9.59 Å². The van der Waals surface area contributed by atoms with E-state index in [4.69, 9.17) is 0 Å². The number of hydrogen-bond donors (Lipinski definition) is 1. The first-order chi connectivity index (χ1) is 15.6. The minimum atomic E-state index is -0.147. The van der Waals surface area contributed by atoms with Gasteiger partial charge in [0.1, 0.15) is 0 Å². The lowest BCUT2D eigenvalue weighted by Gasteiger charge is -2.55. The third-order valence-electron chi connectivity index (χ3n) is 7.93. The molecule has 0 radical (unpaired) electrons. The van der Waals surface area contributed by atoms with Gasteiger partial charge in [-0.2, -0.15) is 0 Å². The van der Waals surface area contributed by atoms with Crippen molar-refractivity contribution in [2.45, 2.75) is 58.0 Å². The minimum Gasteiger partial charge on any atom is -0.355 e. The number of benzene rings is 2. The molecule has 0 atom stereocenters. The van der Waals surface area contributed by atoms with Crippen LogP contribution in [-0.4, -0.2) is 23.3 Å². The molecule has 0 aliphatic heterocycles. The molecule has 4 heteroatoms. The molecule has 0 aromatic heterocycles. The van der Waals surface area contributed by atoms with Gasteiger partial charge in [0.25, 0.3) is 0 Å². The lowest BCUT2D eigenvalue weighted by atomic mass is 9.49. The molecule has 0 heterocycles. The van der Waals surface area contributed by atoms with E-state index in [-0.39, 0.29) is 17.2 Å². The molecule has 4 aliphatic carbocycles. The van der Waals surface area contributed by atoms with E-state index in [2.05, 4.69) is 29.6 Å². The molecular weight excluding hydrogens is 396 g/mol. The van der Waals surface area contributed by atoms with Gasteiger partial charge in [-0.25, -0.2) is 0 Å². The lowest BCUT2D eigenvalue weighted by molar-refractivity contribution is -0.146. The van der Waals surface area contributed by atoms with Crippen molar-refractivity contribution in [3.8, 4) is 0 Å². The summed E-state index contributed by atoms with van der Waals surface area (Å²) in [5.41, 5.74) is 2.09. The van der Waals surface area contributed by atoms with Gasteiger partial charge in [0.05, 0.1) is 0 Å². The predicted octanol–water partition coefficient (Wildman–Crippen LogP) is 4.94. The summed E-state index contributed by atoms with van der Waals surface area (Å²) in [5.74, 6) is 2.55. The number of rotatable bonds is 8. The maximum absolute atomic E-state index is 13.2. The monoisotopic (exact) mass is 430 g/mol. The van der Waals surface area contributed by atoms with Gasteiger partial charge in [0.15, 0.2) is 0 Å². The Labute approximate surface area is 191 Å². The Balaban J connectivity index is 1.19. The molecular formula is C28H34N2O2. The smallest absolute Gasteiger partial charge is 0.226 e. The molecule has 4 nitrogen and oxygen atoms in total. The third-order valence-corrected chi connectivity index (χ3v) is 7.93. The number of nitrogens with one attached hydrogen (secondary N) is 1. The summed E-state index contributed by atoms with van der Waals surface area (Å²) in [6.45, 7) is 1.59. The summed E-state index contributed by atoms with van der Waals surface area (Å²) in [6.07, 6.45) is 7.53. The van der Waals surface area contributed by atoms with Gasteiger partial charge < -0.3 is 10.2 Å². The van der Waals surface area contributed by atoms with Gasteiger partial charge >= 0.3 is 0 Å². The van der Waals surface area contributed by atoms with E-state index < -0.39 is 0 Å². The fourth-order valence-electron chi connectivity index (χ4n) is 6.86. The zero-order valence-corrected chi connectivity index (χ0v) is 18.8. The predicted molar refractivity (Wildman–Crippen MR) is 125 cm³/mol. The molecule has 4 saturated carbocycles. The Morgan fingerprint density at radius 2 is 1.25 bits per heavy atom. The van der Waals surface area contributed by atoms with Gasteiger partial charge in [-0.3, -0.25) is 9.59 Å². The van der Waals surface area contributed by atoms with Crippen LogP contribution < -0.4 is 5.32 Å². The second kappa shape index (κ2) is 9.09. The summed E-state index contributed by atoms with van der Waals surface area (Å²) in [6, 6.07) is 20.2. The number of hydrogen-bond acceptors (Lipinski definition) is 2. The highest BCUT2D eigenvalue weighted by atomic mass is 16.2. The molecule has 2 amide bonds. The van der Waals surface area contributed by atoms with Crippen LogP contribution in [0.5, 0.6) is 0 Å². The molecule has 2 aromatic carbocycles. The van der Waals surface area contributed by atoms with E-state index >= 15 is 0 Å².